The summed E-state index contributed by atoms with van der Waals surface area (Å²) in [6.07, 6.45) is -4.12. The van der Waals surface area contributed by atoms with E-state index in [1.54, 1.807) is 0 Å². The molecule has 0 bridgehead atoms. The van der Waals surface area contributed by atoms with E-state index in [1.165, 1.54) is 20.8 Å². The molecule has 1 heterocycles. The zero-order valence-electron chi connectivity index (χ0n) is 11.8. The molecule has 1 rings (SSSR count). The van der Waals surface area contributed by atoms with Crippen molar-refractivity contribution in [2.24, 2.45) is 0 Å². The molecule has 1 unspecified atom stereocenters. The Morgan fingerprint density at radius 3 is 1.81 bits per heavy atom. The van der Waals surface area contributed by atoms with Crippen molar-refractivity contribution in [3.05, 3.63) is 0 Å². The lowest BCUT2D eigenvalue weighted by Crippen LogP contribution is -2.60. The third-order valence-electron chi connectivity index (χ3n) is 2.66. The molecular weight excluding hydrogens is 352 g/mol. The van der Waals surface area contributed by atoms with Crippen LogP contribution in [0.15, 0.2) is 0 Å². The standard InChI is InChI=1S/C12H17BrO8/c1-5(15)18-9-8(4-14)21-12(13)11(20-7(3)17)10(9)19-6(2)16/h8-12,14H,4H2,1-3H3/t8-,9+,10+,11-,12?/m1/s1. The Morgan fingerprint density at radius 1 is 0.952 bits per heavy atom. The van der Waals surface area contributed by atoms with Crippen LogP contribution in [0.3, 0.4) is 0 Å². The number of hydrogen-bond donors (Lipinski definition) is 1. The highest BCUT2D eigenvalue weighted by atomic mass is 79.9. The number of aliphatic hydroxyl groups excluding tert-OH is 1. The minimum Gasteiger partial charge on any atom is -0.456 e. The molecule has 1 fully saturated rings. The van der Waals surface area contributed by atoms with Crippen molar-refractivity contribution in [2.45, 2.75) is 50.2 Å². The van der Waals surface area contributed by atoms with Crippen LogP contribution in [-0.4, -0.2) is 59.1 Å². The van der Waals surface area contributed by atoms with E-state index in [2.05, 4.69) is 15.9 Å². The van der Waals surface area contributed by atoms with Crippen LogP contribution < -0.4 is 0 Å². The molecule has 1 aliphatic heterocycles. The molecule has 5 atom stereocenters. The Bertz CT molecular complexity index is 412. The highest BCUT2D eigenvalue weighted by Crippen LogP contribution is 2.31. The lowest BCUT2D eigenvalue weighted by Gasteiger charge is -2.42. The first kappa shape index (κ1) is 17.9. The fraction of sp³-hybridized carbons (Fsp3) is 0.750. The molecule has 21 heavy (non-hydrogen) atoms. The molecule has 0 spiro atoms. The summed E-state index contributed by atoms with van der Waals surface area (Å²) in [6.45, 7) is 3.05. The van der Waals surface area contributed by atoms with E-state index in [-0.39, 0.29) is 0 Å². The van der Waals surface area contributed by atoms with Crippen LogP contribution in [0.2, 0.25) is 0 Å². The number of carbonyl (C=O) groups excluding carboxylic acids is 3. The lowest BCUT2D eigenvalue weighted by atomic mass is 9.99. The smallest absolute Gasteiger partial charge is 0.303 e. The zero-order valence-corrected chi connectivity index (χ0v) is 13.4. The maximum Gasteiger partial charge on any atom is 0.303 e. The van der Waals surface area contributed by atoms with E-state index >= 15 is 0 Å². The van der Waals surface area contributed by atoms with Crippen LogP contribution in [-0.2, 0) is 33.3 Å². The Hall–Kier alpha value is -1.19. The lowest BCUT2D eigenvalue weighted by molar-refractivity contribution is -0.235. The third-order valence-corrected chi connectivity index (χ3v) is 3.40. The Balaban J connectivity index is 3.08. The summed E-state index contributed by atoms with van der Waals surface area (Å²) in [6, 6.07) is 0. The molecule has 0 aromatic carbocycles. The largest absolute Gasteiger partial charge is 0.456 e. The second-order valence-electron chi connectivity index (χ2n) is 4.43. The number of hydrogen-bond acceptors (Lipinski definition) is 8. The van der Waals surface area contributed by atoms with Crippen LogP contribution in [0, 0.1) is 0 Å². The van der Waals surface area contributed by atoms with Gasteiger partial charge in [-0.1, -0.05) is 15.9 Å². The van der Waals surface area contributed by atoms with Gasteiger partial charge >= 0.3 is 17.9 Å². The molecular formula is C12H17BrO8. The minimum atomic E-state index is -1.09. The molecule has 0 amide bonds. The Kier molecular flexibility index (Phi) is 6.56. The van der Waals surface area contributed by atoms with Crippen molar-refractivity contribution >= 4 is 33.8 Å². The van der Waals surface area contributed by atoms with Crippen LogP contribution in [0.4, 0.5) is 0 Å². The van der Waals surface area contributed by atoms with Gasteiger partial charge in [0.15, 0.2) is 23.3 Å². The van der Waals surface area contributed by atoms with Gasteiger partial charge in [0, 0.05) is 20.8 Å². The van der Waals surface area contributed by atoms with Crippen molar-refractivity contribution in [2.75, 3.05) is 6.61 Å². The number of alkyl halides is 1. The van der Waals surface area contributed by atoms with Crippen LogP contribution >= 0.6 is 15.9 Å². The van der Waals surface area contributed by atoms with Crippen LogP contribution in [0.25, 0.3) is 0 Å². The molecule has 0 aromatic heterocycles. The minimum absolute atomic E-state index is 0.468. The quantitative estimate of drug-likeness (QED) is 0.416. The summed E-state index contributed by atoms with van der Waals surface area (Å²) >= 11 is 3.15. The fourth-order valence-corrected chi connectivity index (χ4v) is 2.67. The van der Waals surface area contributed by atoms with Gasteiger partial charge in [-0.3, -0.25) is 14.4 Å². The predicted molar refractivity (Wildman–Crippen MR) is 71.3 cm³/mol. The second kappa shape index (κ2) is 7.71. The maximum absolute atomic E-state index is 11.3. The number of rotatable bonds is 4. The molecule has 1 saturated heterocycles. The number of carbonyl (C=O) groups is 3. The van der Waals surface area contributed by atoms with Gasteiger partial charge in [-0.05, 0) is 0 Å². The van der Waals surface area contributed by atoms with Gasteiger partial charge in [0.25, 0.3) is 0 Å². The number of ether oxygens (including phenoxy) is 4. The van der Waals surface area contributed by atoms with Crippen molar-refractivity contribution in [3.63, 3.8) is 0 Å². The summed E-state index contributed by atoms with van der Waals surface area (Å²) in [5.74, 6) is -1.91. The highest BCUT2D eigenvalue weighted by molar-refractivity contribution is 9.09. The van der Waals surface area contributed by atoms with Crippen molar-refractivity contribution in [1.29, 1.82) is 0 Å². The third kappa shape index (κ3) is 4.94. The fourth-order valence-electron chi connectivity index (χ4n) is 1.99. The normalized spacial score (nSPS) is 32.1. The second-order valence-corrected chi connectivity index (χ2v) is 5.33. The van der Waals surface area contributed by atoms with Crippen LogP contribution in [0.1, 0.15) is 20.8 Å². The zero-order chi connectivity index (χ0) is 16.2. The number of aliphatic hydroxyl groups is 1. The van der Waals surface area contributed by atoms with E-state index in [0.717, 1.165) is 0 Å². The molecule has 0 saturated carbocycles. The average Bonchev–Trinajstić information content (AvgIpc) is 2.35. The summed E-state index contributed by atoms with van der Waals surface area (Å²) < 4.78 is 20.6. The van der Waals surface area contributed by atoms with Gasteiger partial charge in [0.2, 0.25) is 0 Å². The van der Waals surface area contributed by atoms with Gasteiger partial charge < -0.3 is 24.1 Å². The monoisotopic (exact) mass is 368 g/mol. The first-order chi connectivity index (χ1) is 9.76. The topological polar surface area (TPSA) is 108 Å². The van der Waals surface area contributed by atoms with Crippen molar-refractivity contribution in [1.82, 2.24) is 0 Å². The predicted octanol–water partition coefficient (Wildman–Crippen LogP) is -0.106. The van der Waals surface area contributed by atoms with Gasteiger partial charge in [0.1, 0.15) is 6.10 Å². The summed E-state index contributed by atoms with van der Waals surface area (Å²) in [4.78, 5) is 33.6. The molecule has 8 nitrogen and oxygen atoms in total. The SMILES string of the molecule is CC(=O)O[C@@H]1[C@H](OC(C)=O)[C@@H](OC(C)=O)C(Br)O[C@@H]1CO. The van der Waals surface area contributed by atoms with Gasteiger partial charge in [-0.2, -0.15) is 0 Å². The molecule has 0 radical (unpaired) electrons. The van der Waals surface area contributed by atoms with E-state index in [4.69, 9.17) is 18.9 Å². The molecule has 1 aliphatic rings. The van der Waals surface area contributed by atoms with Crippen molar-refractivity contribution < 1.29 is 38.4 Å². The number of halogens is 1. The van der Waals surface area contributed by atoms with Gasteiger partial charge in [-0.15, -0.1) is 0 Å². The molecule has 0 aliphatic carbocycles. The first-order valence-corrected chi connectivity index (χ1v) is 7.09. The average molecular weight is 369 g/mol. The summed E-state index contributed by atoms with van der Waals surface area (Å²) in [7, 11) is 0. The van der Waals surface area contributed by atoms with Gasteiger partial charge in [-0.25, -0.2) is 0 Å². The Morgan fingerprint density at radius 2 is 1.38 bits per heavy atom. The molecule has 120 valence electrons. The Labute approximate surface area is 129 Å². The summed E-state index contributed by atoms with van der Waals surface area (Å²) in [5, 5.41) is 8.50. The van der Waals surface area contributed by atoms with Gasteiger partial charge in [0.05, 0.1) is 6.61 Å². The van der Waals surface area contributed by atoms with E-state index < -0.39 is 53.9 Å². The van der Waals surface area contributed by atoms with Crippen molar-refractivity contribution in [3.8, 4) is 0 Å². The molecule has 1 N–H and O–H groups in total. The van der Waals surface area contributed by atoms with E-state index in [9.17, 15) is 19.5 Å². The summed E-state index contributed by atoms with van der Waals surface area (Å²) in [5.41, 5.74) is 0. The maximum atomic E-state index is 11.3. The molecule has 9 heteroatoms. The van der Waals surface area contributed by atoms with E-state index in [1.807, 2.05) is 0 Å². The van der Waals surface area contributed by atoms with E-state index in [0.29, 0.717) is 0 Å². The first-order valence-electron chi connectivity index (χ1n) is 6.18. The molecule has 0 aromatic rings. The highest BCUT2D eigenvalue weighted by Gasteiger charge is 2.50. The van der Waals surface area contributed by atoms with Crippen LogP contribution in [0.5, 0.6) is 0 Å². The number of esters is 3.